The summed E-state index contributed by atoms with van der Waals surface area (Å²) in [7, 11) is -2.82. The van der Waals surface area contributed by atoms with Crippen molar-refractivity contribution in [3.63, 3.8) is 0 Å². The SMILES string of the molecule is Cc1ccc(CC(=O)NCCC2CCS(=O)(=O)CC2)cc1O. The molecule has 1 heterocycles. The van der Waals surface area contributed by atoms with Crippen molar-refractivity contribution in [3.05, 3.63) is 29.3 Å². The Bertz CT molecular complexity index is 626. The molecule has 0 bridgehead atoms. The highest BCUT2D eigenvalue weighted by molar-refractivity contribution is 7.91. The number of hydrogen-bond donors (Lipinski definition) is 2. The van der Waals surface area contributed by atoms with E-state index in [2.05, 4.69) is 5.32 Å². The Kier molecular flexibility index (Phi) is 5.45. The van der Waals surface area contributed by atoms with Crippen molar-refractivity contribution in [2.75, 3.05) is 18.1 Å². The van der Waals surface area contributed by atoms with Crippen molar-refractivity contribution in [1.29, 1.82) is 0 Å². The Balaban J connectivity index is 1.71. The van der Waals surface area contributed by atoms with Gasteiger partial charge < -0.3 is 10.4 Å². The van der Waals surface area contributed by atoms with Gasteiger partial charge >= 0.3 is 0 Å². The van der Waals surface area contributed by atoms with Crippen molar-refractivity contribution >= 4 is 15.7 Å². The molecule has 22 heavy (non-hydrogen) atoms. The summed E-state index contributed by atoms with van der Waals surface area (Å²) in [6.45, 7) is 2.38. The first-order chi connectivity index (χ1) is 10.4. The van der Waals surface area contributed by atoms with E-state index in [1.807, 2.05) is 13.0 Å². The van der Waals surface area contributed by atoms with Crippen molar-refractivity contribution in [1.82, 2.24) is 5.32 Å². The summed E-state index contributed by atoms with van der Waals surface area (Å²) in [4.78, 5) is 11.9. The van der Waals surface area contributed by atoms with Gasteiger partial charge in [0.2, 0.25) is 5.91 Å². The molecule has 0 aromatic heterocycles. The van der Waals surface area contributed by atoms with Gasteiger partial charge in [0, 0.05) is 6.54 Å². The lowest BCUT2D eigenvalue weighted by molar-refractivity contribution is -0.120. The molecule has 122 valence electrons. The van der Waals surface area contributed by atoms with Crippen LogP contribution in [0.4, 0.5) is 0 Å². The van der Waals surface area contributed by atoms with E-state index in [0.717, 1.165) is 17.5 Å². The lowest BCUT2D eigenvalue weighted by Gasteiger charge is -2.21. The largest absolute Gasteiger partial charge is 0.508 e. The number of hydrogen-bond acceptors (Lipinski definition) is 4. The molecule has 0 saturated carbocycles. The van der Waals surface area contributed by atoms with Crippen LogP contribution < -0.4 is 5.32 Å². The molecule has 6 heteroatoms. The molecule has 2 N–H and O–H groups in total. The lowest BCUT2D eigenvalue weighted by Crippen LogP contribution is -2.30. The van der Waals surface area contributed by atoms with Gasteiger partial charge in [0.25, 0.3) is 0 Å². The quantitative estimate of drug-likeness (QED) is 0.861. The van der Waals surface area contributed by atoms with E-state index in [-0.39, 0.29) is 29.6 Å². The van der Waals surface area contributed by atoms with Gasteiger partial charge in [-0.2, -0.15) is 0 Å². The maximum absolute atomic E-state index is 11.9. The molecule has 1 aliphatic heterocycles. The third-order valence-electron chi connectivity index (χ3n) is 4.19. The average Bonchev–Trinajstić information content (AvgIpc) is 2.45. The molecule has 1 amide bonds. The molecule has 0 unspecified atom stereocenters. The number of carbonyl (C=O) groups excluding carboxylic acids is 1. The van der Waals surface area contributed by atoms with E-state index in [1.54, 1.807) is 12.1 Å². The highest BCUT2D eigenvalue weighted by atomic mass is 32.2. The Morgan fingerprint density at radius 2 is 2.00 bits per heavy atom. The molecule has 2 rings (SSSR count). The van der Waals surface area contributed by atoms with Crippen molar-refractivity contribution in [3.8, 4) is 5.75 Å². The molecule has 0 atom stereocenters. The molecule has 5 nitrogen and oxygen atoms in total. The van der Waals surface area contributed by atoms with E-state index in [4.69, 9.17) is 0 Å². The minimum atomic E-state index is -2.82. The zero-order valence-electron chi connectivity index (χ0n) is 12.8. The average molecular weight is 325 g/mol. The van der Waals surface area contributed by atoms with Gasteiger partial charge in [-0.3, -0.25) is 4.79 Å². The highest BCUT2D eigenvalue weighted by Crippen LogP contribution is 2.21. The molecule has 1 aromatic rings. The normalized spacial score (nSPS) is 18.0. The second-order valence-corrected chi connectivity index (χ2v) is 8.34. The number of rotatable bonds is 5. The Hall–Kier alpha value is -1.56. The number of phenols is 1. The second-order valence-electron chi connectivity index (χ2n) is 6.03. The second kappa shape index (κ2) is 7.13. The third-order valence-corrected chi connectivity index (χ3v) is 5.90. The fraction of sp³-hybridized carbons (Fsp3) is 0.562. The maximum Gasteiger partial charge on any atom is 0.224 e. The first-order valence-electron chi connectivity index (χ1n) is 7.61. The number of carbonyl (C=O) groups is 1. The molecular weight excluding hydrogens is 302 g/mol. The molecule has 1 aromatic carbocycles. The molecule has 0 radical (unpaired) electrons. The topological polar surface area (TPSA) is 83.5 Å². The van der Waals surface area contributed by atoms with Crippen LogP contribution in [0.25, 0.3) is 0 Å². The fourth-order valence-electron chi connectivity index (χ4n) is 2.66. The minimum absolute atomic E-state index is 0.0771. The van der Waals surface area contributed by atoms with Crippen LogP contribution in [-0.4, -0.2) is 37.5 Å². The number of sulfone groups is 1. The van der Waals surface area contributed by atoms with Crippen LogP contribution in [0.1, 0.15) is 30.4 Å². The Morgan fingerprint density at radius 3 is 2.64 bits per heavy atom. The summed E-state index contributed by atoms with van der Waals surface area (Å²) in [5.41, 5.74) is 1.57. The van der Waals surface area contributed by atoms with Gasteiger partial charge in [-0.1, -0.05) is 12.1 Å². The van der Waals surface area contributed by atoms with Crippen LogP contribution in [0.15, 0.2) is 18.2 Å². The van der Waals surface area contributed by atoms with Crippen LogP contribution in [-0.2, 0) is 21.1 Å². The molecule has 1 aliphatic rings. The van der Waals surface area contributed by atoms with E-state index in [1.165, 1.54) is 0 Å². The fourth-order valence-corrected chi connectivity index (χ4v) is 4.25. The zero-order chi connectivity index (χ0) is 16.2. The lowest BCUT2D eigenvalue weighted by atomic mass is 9.99. The molecule has 0 spiro atoms. The summed E-state index contributed by atoms with van der Waals surface area (Å²) in [5.74, 6) is 1.05. The monoisotopic (exact) mass is 325 g/mol. The summed E-state index contributed by atoms with van der Waals surface area (Å²) in [5, 5.41) is 12.5. The van der Waals surface area contributed by atoms with Gasteiger partial charge in [-0.05, 0) is 49.3 Å². The first kappa shape index (κ1) is 16.8. The number of aryl methyl sites for hydroxylation is 1. The zero-order valence-corrected chi connectivity index (χ0v) is 13.7. The summed E-state index contributed by atoms with van der Waals surface area (Å²) in [6.07, 6.45) is 2.46. The van der Waals surface area contributed by atoms with E-state index >= 15 is 0 Å². The van der Waals surface area contributed by atoms with Crippen LogP contribution in [0.3, 0.4) is 0 Å². The van der Waals surface area contributed by atoms with Crippen LogP contribution in [0.2, 0.25) is 0 Å². The van der Waals surface area contributed by atoms with Gasteiger partial charge in [-0.25, -0.2) is 8.42 Å². The van der Waals surface area contributed by atoms with Gasteiger partial charge in [-0.15, -0.1) is 0 Å². The van der Waals surface area contributed by atoms with E-state index in [0.29, 0.717) is 25.3 Å². The smallest absolute Gasteiger partial charge is 0.224 e. The Morgan fingerprint density at radius 1 is 1.32 bits per heavy atom. The molecule has 1 fully saturated rings. The summed E-state index contributed by atoms with van der Waals surface area (Å²) in [6, 6.07) is 5.24. The van der Waals surface area contributed by atoms with Crippen molar-refractivity contribution < 1.29 is 18.3 Å². The molecule has 0 aliphatic carbocycles. The van der Waals surface area contributed by atoms with E-state index < -0.39 is 9.84 Å². The standard InChI is InChI=1S/C16H23NO4S/c1-12-2-3-14(10-15(12)18)11-16(19)17-7-4-13-5-8-22(20,21)9-6-13/h2-3,10,13,18H,4-9,11H2,1H3,(H,17,19). The van der Waals surface area contributed by atoms with Gasteiger partial charge in [0.15, 0.2) is 0 Å². The van der Waals surface area contributed by atoms with Crippen molar-refractivity contribution in [2.24, 2.45) is 5.92 Å². The summed E-state index contributed by atoms with van der Waals surface area (Å²) < 4.78 is 22.7. The Labute approximate surface area is 131 Å². The number of nitrogens with one attached hydrogen (secondary N) is 1. The van der Waals surface area contributed by atoms with Gasteiger partial charge in [0.1, 0.15) is 15.6 Å². The number of amides is 1. The number of benzene rings is 1. The number of phenolic OH excluding ortho intramolecular Hbond substituents is 1. The van der Waals surface area contributed by atoms with Crippen molar-refractivity contribution in [2.45, 2.75) is 32.6 Å². The third kappa shape index (κ3) is 5.02. The van der Waals surface area contributed by atoms with Crippen LogP contribution >= 0.6 is 0 Å². The first-order valence-corrected chi connectivity index (χ1v) is 9.43. The molecular formula is C16H23NO4S. The van der Waals surface area contributed by atoms with Crippen LogP contribution in [0, 0.1) is 12.8 Å². The predicted octanol–water partition coefficient (Wildman–Crippen LogP) is 1.57. The number of aromatic hydroxyl groups is 1. The highest BCUT2D eigenvalue weighted by Gasteiger charge is 2.23. The minimum Gasteiger partial charge on any atom is -0.508 e. The maximum atomic E-state index is 11.9. The molecule has 1 saturated heterocycles. The van der Waals surface area contributed by atoms with Gasteiger partial charge in [0.05, 0.1) is 17.9 Å². The van der Waals surface area contributed by atoms with Crippen LogP contribution in [0.5, 0.6) is 5.75 Å². The predicted molar refractivity (Wildman–Crippen MR) is 85.6 cm³/mol. The summed E-state index contributed by atoms with van der Waals surface area (Å²) >= 11 is 0. The van der Waals surface area contributed by atoms with E-state index in [9.17, 15) is 18.3 Å².